The van der Waals surface area contributed by atoms with Crippen LogP contribution in [0.1, 0.15) is 118 Å². The van der Waals surface area contributed by atoms with Gasteiger partial charge in [0.1, 0.15) is 5.75 Å². The summed E-state index contributed by atoms with van der Waals surface area (Å²) in [5.74, 6) is -0.511. The summed E-state index contributed by atoms with van der Waals surface area (Å²) >= 11 is 0. The molecule has 0 fully saturated rings. The molecule has 0 amide bonds. The number of esters is 2. The van der Waals surface area contributed by atoms with Crippen LogP contribution in [0.2, 0.25) is 0 Å². The van der Waals surface area contributed by atoms with E-state index in [2.05, 4.69) is 23.8 Å². The van der Waals surface area contributed by atoms with Crippen LogP contribution in [-0.4, -0.2) is 40.8 Å². The highest BCUT2D eigenvalue weighted by molar-refractivity contribution is 5.92. The molecule has 1 heterocycles. The lowest BCUT2D eigenvalue weighted by atomic mass is 10.1. The minimum atomic E-state index is -4.65. The van der Waals surface area contributed by atoms with Gasteiger partial charge in [0.2, 0.25) is 0 Å². The Hall–Kier alpha value is -3.95. The van der Waals surface area contributed by atoms with Gasteiger partial charge in [-0.05, 0) is 55.7 Å². The number of alkyl halides is 3. The van der Waals surface area contributed by atoms with E-state index < -0.39 is 24.2 Å². The van der Waals surface area contributed by atoms with Crippen LogP contribution in [0.4, 0.5) is 13.2 Å². The largest absolute Gasteiger partial charge is 0.490 e. The molecule has 0 saturated carbocycles. The van der Waals surface area contributed by atoms with Gasteiger partial charge in [0.05, 0.1) is 30.1 Å². The van der Waals surface area contributed by atoms with Crippen molar-refractivity contribution in [1.82, 2.24) is 9.97 Å². The zero-order valence-electron chi connectivity index (χ0n) is 26.8. The summed E-state index contributed by atoms with van der Waals surface area (Å²) in [5, 5.41) is 0. The monoisotopic (exact) mass is 642 g/mol. The Balaban J connectivity index is 1.47. The Morgan fingerprint density at radius 2 is 1.20 bits per heavy atom. The van der Waals surface area contributed by atoms with Crippen molar-refractivity contribution in [2.75, 3.05) is 6.61 Å². The molecule has 0 radical (unpaired) electrons. The lowest BCUT2D eigenvalue weighted by Crippen LogP contribution is -2.33. The maximum atomic E-state index is 13.5. The highest BCUT2D eigenvalue weighted by Gasteiger charge is 2.42. The van der Waals surface area contributed by atoms with Gasteiger partial charge in [0.15, 0.2) is 17.7 Å². The van der Waals surface area contributed by atoms with Gasteiger partial charge in [0.25, 0.3) is 0 Å². The zero-order chi connectivity index (χ0) is 33.2. The number of rotatable bonds is 20. The van der Waals surface area contributed by atoms with Gasteiger partial charge in [-0.2, -0.15) is 13.2 Å². The van der Waals surface area contributed by atoms with Crippen LogP contribution < -0.4 is 9.47 Å². The maximum absolute atomic E-state index is 13.5. The summed E-state index contributed by atoms with van der Waals surface area (Å²) in [5.41, 5.74) is 0.907. The van der Waals surface area contributed by atoms with Gasteiger partial charge >= 0.3 is 18.1 Å². The molecule has 2 aromatic carbocycles. The van der Waals surface area contributed by atoms with Crippen LogP contribution >= 0.6 is 0 Å². The molecule has 250 valence electrons. The van der Waals surface area contributed by atoms with Crippen molar-refractivity contribution in [2.45, 2.75) is 110 Å². The lowest BCUT2D eigenvalue weighted by Gasteiger charge is -2.20. The van der Waals surface area contributed by atoms with Gasteiger partial charge in [0, 0.05) is 5.56 Å². The maximum Gasteiger partial charge on any atom is 0.425 e. The molecule has 0 aliphatic carbocycles. The average Bonchev–Trinajstić information content (AvgIpc) is 3.05. The van der Waals surface area contributed by atoms with Gasteiger partial charge in [-0.25, -0.2) is 19.6 Å². The second-order valence-electron chi connectivity index (χ2n) is 11.3. The highest BCUT2D eigenvalue weighted by Crippen LogP contribution is 2.28. The molecule has 7 nitrogen and oxygen atoms in total. The third-order valence-electron chi connectivity index (χ3n) is 7.51. The SMILES string of the molecule is CCCCCCCCOc1cnc(-c2ccc(C(=O)Oc3ccc(C(=O)O[C@H](CCCCCCCC)C(F)(F)F)cc3)cc2)nc1. The van der Waals surface area contributed by atoms with Crippen molar-refractivity contribution < 1.29 is 37.0 Å². The molecular formula is C36H45F3N2O5. The number of halogens is 3. The number of carbonyl (C=O) groups excluding carboxylic acids is 2. The van der Waals surface area contributed by atoms with Gasteiger partial charge in [-0.1, -0.05) is 90.2 Å². The topological polar surface area (TPSA) is 87.6 Å². The second kappa shape index (κ2) is 19.5. The summed E-state index contributed by atoms with van der Waals surface area (Å²) in [6, 6.07) is 11.8. The fraction of sp³-hybridized carbons (Fsp3) is 0.500. The number of carbonyl (C=O) groups is 2. The van der Waals surface area contributed by atoms with E-state index in [4.69, 9.17) is 14.2 Å². The fourth-order valence-corrected chi connectivity index (χ4v) is 4.79. The van der Waals surface area contributed by atoms with E-state index in [0.717, 1.165) is 38.5 Å². The van der Waals surface area contributed by atoms with Crippen LogP contribution in [0.25, 0.3) is 11.4 Å². The predicted molar refractivity (Wildman–Crippen MR) is 171 cm³/mol. The van der Waals surface area contributed by atoms with Crippen LogP contribution in [0, 0.1) is 0 Å². The third kappa shape index (κ3) is 12.8. The molecule has 0 N–H and O–H groups in total. The van der Waals surface area contributed by atoms with Crippen LogP contribution in [-0.2, 0) is 4.74 Å². The van der Waals surface area contributed by atoms with Crippen LogP contribution in [0.15, 0.2) is 60.9 Å². The van der Waals surface area contributed by atoms with E-state index in [1.54, 1.807) is 36.7 Å². The van der Waals surface area contributed by atoms with Crippen LogP contribution in [0.5, 0.6) is 11.5 Å². The molecule has 46 heavy (non-hydrogen) atoms. The summed E-state index contributed by atoms with van der Waals surface area (Å²) < 4.78 is 56.4. The number of hydrogen-bond acceptors (Lipinski definition) is 7. The van der Waals surface area contributed by atoms with Crippen molar-refractivity contribution in [2.24, 2.45) is 0 Å². The summed E-state index contributed by atoms with van der Waals surface area (Å²) in [7, 11) is 0. The minimum absolute atomic E-state index is 0.0693. The first-order valence-electron chi connectivity index (χ1n) is 16.4. The van der Waals surface area contributed by atoms with Crippen molar-refractivity contribution >= 4 is 11.9 Å². The smallest absolute Gasteiger partial charge is 0.425 e. The molecule has 0 bridgehead atoms. The first-order valence-corrected chi connectivity index (χ1v) is 16.4. The normalized spacial score (nSPS) is 12.0. The highest BCUT2D eigenvalue weighted by atomic mass is 19.4. The summed E-state index contributed by atoms with van der Waals surface area (Å²) in [6.07, 6.45) is 8.16. The van der Waals surface area contributed by atoms with E-state index in [-0.39, 0.29) is 23.3 Å². The van der Waals surface area contributed by atoms with Gasteiger partial charge in [-0.15, -0.1) is 0 Å². The molecular weight excluding hydrogens is 597 g/mol. The Bertz CT molecular complexity index is 1310. The fourth-order valence-electron chi connectivity index (χ4n) is 4.79. The quantitative estimate of drug-likeness (QED) is 0.0689. The van der Waals surface area contributed by atoms with E-state index in [9.17, 15) is 22.8 Å². The van der Waals surface area contributed by atoms with E-state index in [1.807, 2.05) is 0 Å². The number of aromatic nitrogens is 2. The molecule has 0 aliphatic rings. The minimum Gasteiger partial charge on any atom is -0.490 e. The van der Waals surface area contributed by atoms with Crippen molar-refractivity contribution in [1.29, 1.82) is 0 Å². The molecule has 3 aromatic rings. The Kier molecular flexibility index (Phi) is 15.5. The molecule has 3 rings (SSSR count). The second-order valence-corrected chi connectivity index (χ2v) is 11.3. The van der Waals surface area contributed by atoms with Crippen LogP contribution in [0.3, 0.4) is 0 Å². The standard InChI is InChI=1S/C36H45F3N2O5/c1-3-5-7-9-11-13-15-32(36(37,38)39)46-35(43)29-20-22-30(23-21-29)45-34(42)28-18-16-27(17-19-28)33-40-25-31(26-41-33)44-24-14-12-10-8-6-4-2/h16-23,25-26,32H,3-15,24H2,1-2H3/t32-/m1/s1. The number of benzene rings is 2. The van der Waals surface area contributed by atoms with Crippen molar-refractivity contribution in [3.05, 3.63) is 72.1 Å². The Morgan fingerprint density at radius 1 is 0.674 bits per heavy atom. The molecule has 0 saturated heterocycles. The molecule has 1 aromatic heterocycles. The third-order valence-corrected chi connectivity index (χ3v) is 7.51. The summed E-state index contributed by atoms with van der Waals surface area (Å²) in [4.78, 5) is 33.8. The number of nitrogens with zero attached hydrogens (tertiary/aromatic N) is 2. The molecule has 0 aliphatic heterocycles. The van der Waals surface area contributed by atoms with Gasteiger partial charge in [-0.3, -0.25) is 0 Å². The average molecular weight is 643 g/mol. The number of ether oxygens (including phenoxy) is 3. The molecule has 1 atom stereocenters. The lowest BCUT2D eigenvalue weighted by molar-refractivity contribution is -0.206. The van der Waals surface area contributed by atoms with Crippen molar-refractivity contribution in [3.8, 4) is 22.9 Å². The molecule has 0 unspecified atom stereocenters. The van der Waals surface area contributed by atoms with E-state index in [1.165, 1.54) is 49.9 Å². The predicted octanol–water partition coefficient (Wildman–Crippen LogP) is 9.94. The van der Waals surface area contributed by atoms with E-state index >= 15 is 0 Å². The first-order chi connectivity index (χ1) is 22.2. The summed E-state index contributed by atoms with van der Waals surface area (Å²) in [6.45, 7) is 4.89. The number of hydrogen-bond donors (Lipinski definition) is 0. The Labute approximate surface area is 269 Å². The van der Waals surface area contributed by atoms with E-state index in [0.29, 0.717) is 36.6 Å². The molecule has 0 spiro atoms. The van der Waals surface area contributed by atoms with Gasteiger partial charge < -0.3 is 14.2 Å². The molecule has 10 heteroatoms. The first kappa shape index (κ1) is 36.5. The number of unbranched alkanes of at least 4 members (excludes halogenated alkanes) is 10. The van der Waals surface area contributed by atoms with Crippen molar-refractivity contribution in [3.63, 3.8) is 0 Å². The zero-order valence-corrected chi connectivity index (χ0v) is 26.8. The Morgan fingerprint density at radius 3 is 1.78 bits per heavy atom.